The standard InChI is InChI=1S/C12H15ClN4O2S/c1-2-19-12(18)17-5-3-8(4-6-17)15-11-9(7-14)10(13)16-20-11/h8,15H,2-6H2,1H3. The molecule has 0 atom stereocenters. The SMILES string of the molecule is CCOC(=O)N1CCC(Nc2snc(Cl)c2C#N)CC1. The van der Waals surface area contributed by atoms with E-state index in [0.29, 0.717) is 30.3 Å². The number of ether oxygens (including phenoxy) is 1. The lowest BCUT2D eigenvalue weighted by atomic mass is 10.1. The molecular weight excluding hydrogens is 300 g/mol. The minimum Gasteiger partial charge on any atom is -0.450 e. The Morgan fingerprint density at radius 2 is 2.35 bits per heavy atom. The van der Waals surface area contributed by atoms with Gasteiger partial charge in [-0.3, -0.25) is 0 Å². The van der Waals surface area contributed by atoms with Crippen LogP contribution in [0.4, 0.5) is 9.80 Å². The van der Waals surface area contributed by atoms with Gasteiger partial charge in [0.1, 0.15) is 16.6 Å². The third-order valence-electron chi connectivity index (χ3n) is 3.12. The summed E-state index contributed by atoms with van der Waals surface area (Å²) in [6.07, 6.45) is 1.35. The molecule has 0 radical (unpaired) electrons. The Morgan fingerprint density at radius 1 is 1.65 bits per heavy atom. The second-order valence-electron chi connectivity index (χ2n) is 4.39. The fourth-order valence-corrected chi connectivity index (χ4v) is 3.08. The Bertz CT molecular complexity index is 520. The second kappa shape index (κ2) is 6.77. The normalized spacial score (nSPS) is 15.8. The van der Waals surface area contributed by atoms with Crippen molar-refractivity contribution in [3.05, 3.63) is 10.7 Å². The molecule has 6 nitrogen and oxygen atoms in total. The fraction of sp³-hybridized carbons (Fsp3) is 0.583. The Balaban J connectivity index is 1.89. The number of aromatic nitrogens is 1. The van der Waals surface area contributed by atoms with Crippen LogP contribution in [0, 0.1) is 11.3 Å². The summed E-state index contributed by atoms with van der Waals surface area (Å²) in [6.45, 7) is 3.47. The van der Waals surface area contributed by atoms with E-state index in [1.807, 2.05) is 6.07 Å². The van der Waals surface area contributed by atoms with Crippen LogP contribution in [0.15, 0.2) is 0 Å². The van der Waals surface area contributed by atoms with Crippen LogP contribution in [0.5, 0.6) is 0 Å². The predicted octanol–water partition coefficient (Wildman–Crippen LogP) is 2.70. The number of piperidine rings is 1. The van der Waals surface area contributed by atoms with E-state index in [1.165, 1.54) is 11.5 Å². The minimum absolute atomic E-state index is 0.212. The largest absolute Gasteiger partial charge is 0.450 e. The average molecular weight is 315 g/mol. The van der Waals surface area contributed by atoms with Gasteiger partial charge in [0.25, 0.3) is 0 Å². The van der Waals surface area contributed by atoms with Crippen molar-refractivity contribution in [1.82, 2.24) is 9.27 Å². The summed E-state index contributed by atoms with van der Waals surface area (Å²) in [7, 11) is 0. The molecule has 0 bridgehead atoms. The Morgan fingerprint density at radius 3 is 2.95 bits per heavy atom. The van der Waals surface area contributed by atoms with Gasteiger partial charge in [-0.15, -0.1) is 0 Å². The molecule has 0 spiro atoms. The molecule has 0 aliphatic carbocycles. The zero-order valence-corrected chi connectivity index (χ0v) is 12.6. The van der Waals surface area contributed by atoms with Crippen molar-refractivity contribution in [2.24, 2.45) is 0 Å². The van der Waals surface area contributed by atoms with E-state index < -0.39 is 0 Å². The van der Waals surface area contributed by atoms with E-state index in [9.17, 15) is 4.79 Å². The van der Waals surface area contributed by atoms with Crippen LogP contribution >= 0.6 is 23.1 Å². The third kappa shape index (κ3) is 3.32. The van der Waals surface area contributed by atoms with Crippen molar-refractivity contribution in [3.8, 4) is 6.07 Å². The molecule has 1 aliphatic heterocycles. The zero-order valence-electron chi connectivity index (χ0n) is 11.1. The van der Waals surface area contributed by atoms with E-state index in [4.69, 9.17) is 21.6 Å². The van der Waals surface area contributed by atoms with Crippen LogP contribution in [0.25, 0.3) is 0 Å². The summed E-state index contributed by atoms with van der Waals surface area (Å²) >= 11 is 7.02. The molecule has 1 fully saturated rings. The first-order valence-corrected chi connectivity index (χ1v) is 7.54. The fourth-order valence-electron chi connectivity index (χ4n) is 2.07. The number of hydrogen-bond acceptors (Lipinski definition) is 6. The zero-order chi connectivity index (χ0) is 14.5. The monoisotopic (exact) mass is 314 g/mol. The van der Waals surface area contributed by atoms with Gasteiger partial charge in [0.15, 0.2) is 5.15 Å². The number of nitrogens with one attached hydrogen (secondary N) is 1. The molecule has 1 N–H and O–H groups in total. The van der Waals surface area contributed by atoms with Gasteiger partial charge in [-0.25, -0.2) is 4.79 Å². The van der Waals surface area contributed by atoms with Gasteiger partial charge in [-0.2, -0.15) is 9.64 Å². The molecule has 0 saturated carbocycles. The Kier molecular flexibility index (Phi) is 5.04. The summed E-state index contributed by atoms with van der Waals surface area (Å²) in [5.41, 5.74) is 0.393. The minimum atomic E-state index is -0.260. The lowest BCUT2D eigenvalue weighted by Gasteiger charge is -2.31. The van der Waals surface area contributed by atoms with Crippen molar-refractivity contribution in [3.63, 3.8) is 0 Å². The van der Waals surface area contributed by atoms with Crippen LogP contribution in [0.2, 0.25) is 5.15 Å². The molecular formula is C12H15ClN4O2S. The van der Waals surface area contributed by atoms with Gasteiger partial charge in [-0.05, 0) is 31.3 Å². The summed E-state index contributed by atoms with van der Waals surface area (Å²) in [5.74, 6) is 0. The summed E-state index contributed by atoms with van der Waals surface area (Å²) in [4.78, 5) is 13.3. The quantitative estimate of drug-likeness (QED) is 0.928. The number of rotatable bonds is 3. The molecule has 1 aromatic heterocycles. The van der Waals surface area contributed by atoms with Crippen molar-refractivity contribution >= 4 is 34.2 Å². The van der Waals surface area contributed by atoms with Crippen molar-refractivity contribution in [1.29, 1.82) is 5.26 Å². The smallest absolute Gasteiger partial charge is 0.409 e. The van der Waals surface area contributed by atoms with Crippen LogP contribution in [-0.4, -0.2) is 41.1 Å². The van der Waals surface area contributed by atoms with Crippen LogP contribution in [0.1, 0.15) is 25.3 Å². The molecule has 0 aromatic carbocycles. The van der Waals surface area contributed by atoms with E-state index in [2.05, 4.69) is 9.69 Å². The first kappa shape index (κ1) is 14.9. The molecule has 1 amide bonds. The summed E-state index contributed by atoms with van der Waals surface area (Å²) in [5, 5.41) is 13.2. The highest BCUT2D eigenvalue weighted by Gasteiger charge is 2.24. The molecule has 1 aromatic rings. The van der Waals surface area contributed by atoms with Gasteiger partial charge >= 0.3 is 6.09 Å². The lowest BCUT2D eigenvalue weighted by Crippen LogP contribution is -2.42. The number of halogens is 1. The van der Waals surface area contributed by atoms with Gasteiger partial charge in [0.05, 0.1) is 6.61 Å². The van der Waals surface area contributed by atoms with Crippen LogP contribution < -0.4 is 5.32 Å². The second-order valence-corrected chi connectivity index (χ2v) is 5.53. The molecule has 108 valence electrons. The lowest BCUT2D eigenvalue weighted by molar-refractivity contribution is 0.0983. The Labute approximate surface area is 126 Å². The number of nitrogens with zero attached hydrogens (tertiary/aromatic N) is 3. The van der Waals surface area contributed by atoms with E-state index >= 15 is 0 Å². The molecule has 2 rings (SSSR count). The summed E-state index contributed by atoms with van der Waals surface area (Å²) in [6, 6.07) is 2.26. The van der Waals surface area contributed by atoms with Gasteiger partial charge in [-0.1, -0.05) is 11.6 Å². The number of likely N-dealkylation sites (tertiary alicyclic amines) is 1. The van der Waals surface area contributed by atoms with E-state index in [0.717, 1.165) is 12.8 Å². The highest BCUT2D eigenvalue weighted by atomic mass is 35.5. The number of anilines is 1. The van der Waals surface area contributed by atoms with Crippen molar-refractivity contribution in [2.75, 3.05) is 25.0 Å². The molecule has 20 heavy (non-hydrogen) atoms. The Hall–Kier alpha value is -1.52. The average Bonchev–Trinajstić information content (AvgIpc) is 2.80. The topological polar surface area (TPSA) is 78.2 Å². The summed E-state index contributed by atoms with van der Waals surface area (Å²) < 4.78 is 8.93. The number of amides is 1. The first-order chi connectivity index (χ1) is 9.65. The molecule has 2 heterocycles. The van der Waals surface area contributed by atoms with Crippen LogP contribution in [0.3, 0.4) is 0 Å². The number of nitriles is 1. The third-order valence-corrected chi connectivity index (χ3v) is 4.27. The maximum atomic E-state index is 11.6. The highest BCUT2D eigenvalue weighted by Crippen LogP contribution is 2.29. The molecule has 1 aliphatic rings. The highest BCUT2D eigenvalue weighted by molar-refractivity contribution is 7.10. The number of carbonyl (C=O) groups excluding carboxylic acids is 1. The van der Waals surface area contributed by atoms with Gasteiger partial charge in [0.2, 0.25) is 0 Å². The maximum Gasteiger partial charge on any atom is 0.409 e. The van der Waals surface area contributed by atoms with Crippen LogP contribution in [-0.2, 0) is 4.74 Å². The number of carbonyl (C=O) groups is 1. The van der Waals surface area contributed by atoms with Crippen molar-refractivity contribution in [2.45, 2.75) is 25.8 Å². The van der Waals surface area contributed by atoms with E-state index in [-0.39, 0.29) is 17.3 Å². The maximum absolute atomic E-state index is 11.6. The first-order valence-electron chi connectivity index (χ1n) is 6.39. The molecule has 8 heteroatoms. The number of hydrogen-bond donors (Lipinski definition) is 1. The van der Waals surface area contributed by atoms with Crippen molar-refractivity contribution < 1.29 is 9.53 Å². The van der Waals surface area contributed by atoms with Gasteiger partial charge in [0, 0.05) is 19.1 Å². The molecule has 1 saturated heterocycles. The van der Waals surface area contributed by atoms with Gasteiger partial charge < -0.3 is 15.0 Å². The van der Waals surface area contributed by atoms with E-state index in [1.54, 1.807) is 11.8 Å². The molecule has 0 unspecified atom stereocenters. The predicted molar refractivity (Wildman–Crippen MR) is 77.1 cm³/mol.